The van der Waals surface area contributed by atoms with E-state index < -0.39 is 0 Å². The van der Waals surface area contributed by atoms with Crippen molar-refractivity contribution in [3.05, 3.63) is 10.4 Å². The van der Waals surface area contributed by atoms with E-state index in [0.29, 0.717) is 0 Å². The monoisotopic (exact) mass is 141 g/mol. The van der Waals surface area contributed by atoms with Gasteiger partial charge in [-0.15, -0.1) is 0 Å². The zero-order valence-electron chi connectivity index (χ0n) is 6.96. The normalized spacial score (nSPS) is 10.7. The average molecular weight is 141 g/mol. The molecule has 0 aliphatic carbocycles. The molecule has 0 spiro atoms. The second-order valence-corrected chi connectivity index (χ2v) is 2.47. The van der Waals surface area contributed by atoms with Crippen LogP contribution < -0.4 is 0 Å². The van der Waals surface area contributed by atoms with Crippen LogP contribution in [-0.2, 0) is 0 Å². The van der Waals surface area contributed by atoms with Crippen molar-refractivity contribution in [3.8, 4) is 0 Å². The minimum absolute atomic E-state index is 0.116. The van der Waals surface area contributed by atoms with Crippen molar-refractivity contribution in [1.82, 2.24) is 0 Å². The Kier molecular flexibility index (Phi) is 3.89. The van der Waals surface area contributed by atoms with Crippen molar-refractivity contribution >= 4 is 0 Å². The van der Waals surface area contributed by atoms with Crippen LogP contribution in [0.25, 0.3) is 10.4 Å². The molecular formula is C7H15N3. The van der Waals surface area contributed by atoms with Crippen LogP contribution in [-0.4, -0.2) is 5.54 Å². The first-order valence-corrected chi connectivity index (χ1v) is 3.81. The molecule has 0 radical (unpaired) electrons. The van der Waals surface area contributed by atoms with Crippen molar-refractivity contribution in [3.63, 3.8) is 0 Å². The molecule has 0 aromatic rings. The third kappa shape index (κ3) is 1.92. The second kappa shape index (κ2) is 4.18. The minimum atomic E-state index is -0.116. The maximum Gasteiger partial charge on any atom is 0.0480 e. The topological polar surface area (TPSA) is 48.8 Å². The first-order valence-electron chi connectivity index (χ1n) is 3.81. The summed E-state index contributed by atoms with van der Waals surface area (Å²) in [6.07, 6.45) is 2.80. The number of rotatable bonds is 4. The molecule has 0 fully saturated rings. The molecule has 58 valence electrons. The lowest BCUT2D eigenvalue weighted by Crippen LogP contribution is -2.21. The van der Waals surface area contributed by atoms with Gasteiger partial charge in [-0.1, -0.05) is 25.9 Å². The summed E-state index contributed by atoms with van der Waals surface area (Å²) in [5, 5.41) is 3.79. The molecular weight excluding hydrogens is 126 g/mol. The van der Waals surface area contributed by atoms with E-state index in [1.54, 1.807) is 0 Å². The third-order valence-electron chi connectivity index (χ3n) is 2.23. The highest BCUT2D eigenvalue weighted by molar-refractivity contribution is 4.83. The summed E-state index contributed by atoms with van der Waals surface area (Å²) in [6.45, 7) is 6.17. The van der Waals surface area contributed by atoms with Gasteiger partial charge in [0, 0.05) is 10.5 Å². The van der Waals surface area contributed by atoms with Gasteiger partial charge in [-0.05, 0) is 24.8 Å². The Morgan fingerprint density at radius 3 is 1.70 bits per heavy atom. The third-order valence-corrected chi connectivity index (χ3v) is 2.23. The molecule has 3 nitrogen and oxygen atoms in total. The summed E-state index contributed by atoms with van der Waals surface area (Å²) >= 11 is 0. The first-order chi connectivity index (χ1) is 4.74. The van der Waals surface area contributed by atoms with Crippen LogP contribution in [0.1, 0.15) is 40.0 Å². The van der Waals surface area contributed by atoms with E-state index in [4.69, 9.17) is 5.53 Å². The van der Waals surface area contributed by atoms with Crippen LogP contribution in [0.2, 0.25) is 0 Å². The van der Waals surface area contributed by atoms with Crippen LogP contribution in [0, 0.1) is 0 Å². The zero-order chi connectivity index (χ0) is 8.04. The molecule has 0 saturated heterocycles. The summed E-state index contributed by atoms with van der Waals surface area (Å²) in [5.41, 5.74) is 8.14. The highest BCUT2D eigenvalue weighted by atomic mass is 15.2. The van der Waals surface area contributed by atoms with Crippen molar-refractivity contribution < 1.29 is 0 Å². The van der Waals surface area contributed by atoms with Gasteiger partial charge in [-0.25, -0.2) is 0 Å². The lowest BCUT2D eigenvalue weighted by molar-refractivity contribution is 0.381. The fourth-order valence-electron chi connectivity index (χ4n) is 1.06. The minimum Gasteiger partial charge on any atom is -0.0873 e. The molecule has 3 heteroatoms. The van der Waals surface area contributed by atoms with Gasteiger partial charge >= 0.3 is 0 Å². The molecule has 0 aliphatic rings. The van der Waals surface area contributed by atoms with E-state index in [1.165, 1.54) is 0 Å². The molecule has 0 aliphatic heterocycles. The summed E-state index contributed by atoms with van der Waals surface area (Å²) in [4.78, 5) is 2.85. The second-order valence-electron chi connectivity index (χ2n) is 2.47. The highest BCUT2D eigenvalue weighted by Crippen LogP contribution is 2.24. The van der Waals surface area contributed by atoms with E-state index in [1.807, 2.05) is 0 Å². The van der Waals surface area contributed by atoms with Crippen molar-refractivity contribution in [2.45, 2.75) is 45.6 Å². The Bertz CT molecular complexity index is 124. The predicted molar refractivity (Wildman–Crippen MR) is 42.8 cm³/mol. The fourth-order valence-corrected chi connectivity index (χ4v) is 1.06. The highest BCUT2D eigenvalue weighted by Gasteiger charge is 2.21. The van der Waals surface area contributed by atoms with E-state index >= 15 is 0 Å². The first kappa shape index (κ1) is 9.31. The van der Waals surface area contributed by atoms with Gasteiger partial charge in [-0.2, -0.15) is 0 Å². The summed E-state index contributed by atoms with van der Waals surface area (Å²) < 4.78 is 0. The molecule has 0 rings (SSSR count). The Labute approximate surface area is 62.1 Å². The van der Waals surface area contributed by atoms with Crippen molar-refractivity contribution in [2.75, 3.05) is 0 Å². The van der Waals surface area contributed by atoms with Crippen LogP contribution in [0.3, 0.4) is 0 Å². The van der Waals surface area contributed by atoms with Gasteiger partial charge in [0.25, 0.3) is 0 Å². The molecule has 0 aromatic heterocycles. The molecule has 0 amide bonds. The predicted octanol–water partition coefficient (Wildman–Crippen LogP) is 3.27. The summed E-state index contributed by atoms with van der Waals surface area (Å²) in [5.74, 6) is 0. The van der Waals surface area contributed by atoms with E-state index in [9.17, 15) is 0 Å². The number of hydrogen-bond acceptors (Lipinski definition) is 1. The molecule has 0 heterocycles. The number of hydrogen-bond donors (Lipinski definition) is 0. The van der Waals surface area contributed by atoms with E-state index in [0.717, 1.165) is 19.3 Å². The van der Waals surface area contributed by atoms with Crippen LogP contribution in [0.4, 0.5) is 0 Å². The number of nitrogens with zero attached hydrogens (tertiary/aromatic N) is 3. The standard InChI is InChI=1S/C7H15N3/c1-4-7(5-2,6-3)9-10-8/h4-6H2,1-3H3. The van der Waals surface area contributed by atoms with Crippen LogP contribution in [0.5, 0.6) is 0 Å². The van der Waals surface area contributed by atoms with Gasteiger partial charge in [0.2, 0.25) is 0 Å². The Hall–Kier alpha value is -0.690. The molecule has 0 bridgehead atoms. The Balaban J connectivity index is 4.29. The largest absolute Gasteiger partial charge is 0.0873 e. The average Bonchev–Trinajstić information content (AvgIpc) is 2.01. The smallest absolute Gasteiger partial charge is 0.0480 e. The molecule has 0 atom stereocenters. The molecule has 0 N–H and O–H groups in total. The molecule has 10 heavy (non-hydrogen) atoms. The Morgan fingerprint density at radius 2 is 1.60 bits per heavy atom. The van der Waals surface area contributed by atoms with Crippen LogP contribution >= 0.6 is 0 Å². The summed E-state index contributed by atoms with van der Waals surface area (Å²) in [7, 11) is 0. The number of azide groups is 1. The van der Waals surface area contributed by atoms with Gasteiger partial charge < -0.3 is 0 Å². The maximum atomic E-state index is 8.25. The Morgan fingerprint density at radius 1 is 1.20 bits per heavy atom. The van der Waals surface area contributed by atoms with Gasteiger partial charge in [-0.3, -0.25) is 0 Å². The van der Waals surface area contributed by atoms with E-state index in [2.05, 4.69) is 30.8 Å². The maximum absolute atomic E-state index is 8.25. The summed E-state index contributed by atoms with van der Waals surface area (Å²) in [6, 6.07) is 0. The zero-order valence-corrected chi connectivity index (χ0v) is 6.96. The SMILES string of the molecule is CCC(CC)(CC)N=[N+]=[N-]. The van der Waals surface area contributed by atoms with Crippen molar-refractivity contribution in [1.29, 1.82) is 0 Å². The van der Waals surface area contributed by atoms with Crippen molar-refractivity contribution in [2.24, 2.45) is 5.11 Å². The molecule has 0 unspecified atom stereocenters. The van der Waals surface area contributed by atoms with Crippen LogP contribution in [0.15, 0.2) is 5.11 Å². The quantitative estimate of drug-likeness (QED) is 0.328. The van der Waals surface area contributed by atoms with Gasteiger partial charge in [0.15, 0.2) is 0 Å². The molecule has 0 saturated carbocycles. The molecule has 0 aromatic carbocycles. The fraction of sp³-hybridized carbons (Fsp3) is 1.00. The lowest BCUT2D eigenvalue weighted by Gasteiger charge is -2.23. The van der Waals surface area contributed by atoms with E-state index in [-0.39, 0.29) is 5.54 Å². The van der Waals surface area contributed by atoms with Gasteiger partial charge in [0.05, 0.1) is 0 Å². The van der Waals surface area contributed by atoms with Gasteiger partial charge in [0.1, 0.15) is 0 Å². The lowest BCUT2D eigenvalue weighted by atomic mass is 9.91.